The van der Waals surface area contributed by atoms with Gasteiger partial charge in [-0.25, -0.2) is 9.18 Å². The molecule has 1 aromatic rings. The van der Waals surface area contributed by atoms with Crippen molar-refractivity contribution in [2.45, 2.75) is 6.42 Å². The summed E-state index contributed by atoms with van der Waals surface area (Å²) in [6, 6.07) is 4.05. The molecule has 1 atom stereocenters. The van der Waals surface area contributed by atoms with Gasteiger partial charge in [0.1, 0.15) is 11.6 Å². The molecular weight excluding hydrogens is 251 g/mol. The number of aliphatic carboxylic acids is 1. The Hall–Kier alpha value is -1.88. The molecule has 1 N–H and O–H groups in total. The molecule has 4 nitrogen and oxygen atoms in total. The van der Waals surface area contributed by atoms with Gasteiger partial charge < -0.3 is 14.6 Å². The molecule has 0 bridgehead atoms. The van der Waals surface area contributed by atoms with Crippen LogP contribution in [0.25, 0.3) is 6.08 Å². The number of carboxylic acids is 1. The third kappa shape index (κ3) is 4.06. The molecule has 0 aliphatic carbocycles. The van der Waals surface area contributed by atoms with E-state index in [0.29, 0.717) is 30.4 Å². The fourth-order valence-corrected chi connectivity index (χ4v) is 1.86. The first-order valence-corrected chi connectivity index (χ1v) is 6.06. The molecule has 0 saturated carbocycles. The van der Waals surface area contributed by atoms with Crippen molar-refractivity contribution in [2.75, 3.05) is 19.8 Å². The number of benzene rings is 1. The average molecular weight is 266 g/mol. The molecular formula is C14H15FO4. The van der Waals surface area contributed by atoms with E-state index in [1.54, 1.807) is 0 Å². The molecule has 2 rings (SSSR count). The predicted octanol–water partition coefficient (Wildman–Crippen LogP) is 2.34. The van der Waals surface area contributed by atoms with Crippen LogP contribution in [-0.4, -0.2) is 30.9 Å². The quantitative estimate of drug-likeness (QED) is 0.831. The van der Waals surface area contributed by atoms with Gasteiger partial charge in [0.15, 0.2) is 0 Å². The summed E-state index contributed by atoms with van der Waals surface area (Å²) >= 11 is 0. The van der Waals surface area contributed by atoms with Gasteiger partial charge in [-0.2, -0.15) is 0 Å². The second-order valence-corrected chi connectivity index (χ2v) is 4.39. The molecule has 102 valence electrons. The molecule has 1 aliphatic rings. The van der Waals surface area contributed by atoms with Gasteiger partial charge in [-0.1, -0.05) is 0 Å². The summed E-state index contributed by atoms with van der Waals surface area (Å²) in [5.41, 5.74) is 0.418. The number of rotatable bonds is 5. The Bertz CT molecular complexity index is 478. The van der Waals surface area contributed by atoms with E-state index < -0.39 is 11.8 Å². The van der Waals surface area contributed by atoms with Crippen LogP contribution in [0.2, 0.25) is 0 Å². The normalized spacial score (nSPS) is 18.9. The third-order valence-electron chi connectivity index (χ3n) is 2.88. The molecule has 1 unspecified atom stereocenters. The zero-order valence-electron chi connectivity index (χ0n) is 10.3. The lowest BCUT2D eigenvalue weighted by atomic mass is 10.1. The smallest absolute Gasteiger partial charge is 0.328 e. The molecule has 1 heterocycles. The molecule has 1 fully saturated rings. The maximum Gasteiger partial charge on any atom is 0.328 e. The minimum atomic E-state index is -1.08. The Balaban J connectivity index is 2.07. The molecule has 0 amide bonds. The van der Waals surface area contributed by atoms with Crippen LogP contribution in [-0.2, 0) is 9.53 Å². The first-order chi connectivity index (χ1) is 9.15. The number of carboxylic acid groups (broad SMARTS) is 1. The van der Waals surface area contributed by atoms with Crippen LogP contribution in [0.4, 0.5) is 4.39 Å². The molecule has 1 aliphatic heterocycles. The summed E-state index contributed by atoms with van der Waals surface area (Å²) < 4.78 is 24.0. The number of carbonyl (C=O) groups is 1. The van der Waals surface area contributed by atoms with E-state index in [1.807, 2.05) is 0 Å². The van der Waals surface area contributed by atoms with Crippen LogP contribution in [0.15, 0.2) is 24.3 Å². The van der Waals surface area contributed by atoms with Crippen molar-refractivity contribution >= 4 is 12.0 Å². The summed E-state index contributed by atoms with van der Waals surface area (Å²) in [6.07, 6.45) is 3.23. The predicted molar refractivity (Wildman–Crippen MR) is 67.5 cm³/mol. The number of hydrogen-bond donors (Lipinski definition) is 1. The van der Waals surface area contributed by atoms with Crippen molar-refractivity contribution in [3.8, 4) is 5.75 Å². The Kier molecular flexibility index (Phi) is 4.52. The van der Waals surface area contributed by atoms with Gasteiger partial charge in [0, 0.05) is 24.2 Å². The first-order valence-electron chi connectivity index (χ1n) is 6.06. The molecule has 19 heavy (non-hydrogen) atoms. The van der Waals surface area contributed by atoms with Crippen molar-refractivity contribution < 1.29 is 23.8 Å². The lowest BCUT2D eigenvalue weighted by Crippen LogP contribution is -2.12. The zero-order chi connectivity index (χ0) is 13.7. The summed E-state index contributed by atoms with van der Waals surface area (Å²) in [5.74, 6) is -0.701. The van der Waals surface area contributed by atoms with Crippen molar-refractivity contribution in [3.05, 3.63) is 35.7 Å². The van der Waals surface area contributed by atoms with Crippen molar-refractivity contribution in [3.63, 3.8) is 0 Å². The lowest BCUT2D eigenvalue weighted by molar-refractivity contribution is -0.131. The van der Waals surface area contributed by atoms with Crippen LogP contribution in [0.5, 0.6) is 5.75 Å². The monoisotopic (exact) mass is 266 g/mol. The van der Waals surface area contributed by atoms with Crippen LogP contribution in [0.3, 0.4) is 0 Å². The average Bonchev–Trinajstić information content (AvgIpc) is 2.88. The molecule has 5 heteroatoms. The second kappa shape index (κ2) is 6.33. The third-order valence-corrected chi connectivity index (χ3v) is 2.88. The van der Waals surface area contributed by atoms with E-state index in [-0.39, 0.29) is 0 Å². The Morgan fingerprint density at radius 1 is 1.58 bits per heavy atom. The molecule has 1 aromatic carbocycles. The Labute approximate surface area is 110 Å². The summed E-state index contributed by atoms with van der Waals surface area (Å²) in [4.78, 5) is 10.5. The summed E-state index contributed by atoms with van der Waals surface area (Å²) in [6.45, 7) is 1.89. The maximum absolute atomic E-state index is 13.2. The minimum absolute atomic E-state index is 0.335. The highest BCUT2D eigenvalue weighted by Gasteiger charge is 2.16. The van der Waals surface area contributed by atoms with E-state index in [9.17, 15) is 9.18 Å². The zero-order valence-corrected chi connectivity index (χ0v) is 10.3. The van der Waals surface area contributed by atoms with Crippen molar-refractivity contribution in [1.29, 1.82) is 0 Å². The number of hydrogen-bond acceptors (Lipinski definition) is 3. The van der Waals surface area contributed by atoms with Crippen LogP contribution in [0.1, 0.15) is 12.0 Å². The highest BCUT2D eigenvalue weighted by molar-refractivity contribution is 5.85. The van der Waals surface area contributed by atoms with Gasteiger partial charge in [-0.15, -0.1) is 0 Å². The first kappa shape index (κ1) is 13.5. The van der Waals surface area contributed by atoms with Gasteiger partial charge in [-0.05, 0) is 30.7 Å². The molecule has 0 spiro atoms. The largest absolute Gasteiger partial charge is 0.493 e. The van der Waals surface area contributed by atoms with Gasteiger partial charge in [0.2, 0.25) is 0 Å². The summed E-state index contributed by atoms with van der Waals surface area (Å²) in [7, 11) is 0. The fraction of sp³-hybridized carbons (Fsp3) is 0.357. The SMILES string of the molecule is O=C(O)/C=C/c1cc(F)ccc1OCC1CCOC1. The van der Waals surface area contributed by atoms with Gasteiger partial charge in [0.25, 0.3) is 0 Å². The Morgan fingerprint density at radius 2 is 2.42 bits per heavy atom. The van der Waals surface area contributed by atoms with Gasteiger partial charge in [0.05, 0.1) is 13.2 Å². The highest BCUT2D eigenvalue weighted by Crippen LogP contribution is 2.23. The number of halogens is 1. The minimum Gasteiger partial charge on any atom is -0.493 e. The lowest BCUT2D eigenvalue weighted by Gasteiger charge is -2.12. The number of ether oxygens (including phenoxy) is 2. The van der Waals surface area contributed by atoms with Crippen LogP contribution < -0.4 is 4.74 Å². The van der Waals surface area contributed by atoms with E-state index in [4.69, 9.17) is 14.6 Å². The van der Waals surface area contributed by atoms with E-state index in [2.05, 4.69) is 0 Å². The van der Waals surface area contributed by atoms with Crippen LogP contribution in [0, 0.1) is 11.7 Å². The fourth-order valence-electron chi connectivity index (χ4n) is 1.86. The van der Waals surface area contributed by atoms with E-state index in [1.165, 1.54) is 24.3 Å². The molecule has 1 saturated heterocycles. The second-order valence-electron chi connectivity index (χ2n) is 4.39. The molecule has 0 radical (unpaired) electrons. The van der Waals surface area contributed by atoms with Crippen LogP contribution >= 0.6 is 0 Å². The van der Waals surface area contributed by atoms with Gasteiger partial charge >= 0.3 is 5.97 Å². The van der Waals surface area contributed by atoms with Crippen molar-refractivity contribution in [1.82, 2.24) is 0 Å². The maximum atomic E-state index is 13.2. The van der Waals surface area contributed by atoms with Crippen molar-refractivity contribution in [2.24, 2.45) is 5.92 Å². The Morgan fingerprint density at radius 3 is 3.11 bits per heavy atom. The van der Waals surface area contributed by atoms with E-state index in [0.717, 1.165) is 19.1 Å². The van der Waals surface area contributed by atoms with E-state index >= 15 is 0 Å². The van der Waals surface area contributed by atoms with Gasteiger partial charge in [-0.3, -0.25) is 0 Å². The topological polar surface area (TPSA) is 55.8 Å². The summed E-state index contributed by atoms with van der Waals surface area (Å²) in [5, 5.41) is 8.60. The standard InChI is InChI=1S/C14H15FO4/c15-12-2-3-13(11(7-12)1-4-14(16)17)19-9-10-5-6-18-8-10/h1-4,7,10H,5-6,8-9H2,(H,16,17)/b4-1+. The highest BCUT2D eigenvalue weighted by atomic mass is 19.1. The molecule has 0 aromatic heterocycles.